The standard InChI is InChI=1S/C15H22N2O2/c1-11-5-4-6-13(9-11)17-8-7-12(2)16(3)14(10-18)15(17)19/h4-6,9,12,14,18H,7-8,10H2,1-3H3. The number of hydrogen-bond donors (Lipinski definition) is 1. The highest BCUT2D eigenvalue weighted by Gasteiger charge is 2.33. The summed E-state index contributed by atoms with van der Waals surface area (Å²) in [5.41, 5.74) is 2.06. The number of hydrogen-bond acceptors (Lipinski definition) is 3. The van der Waals surface area contributed by atoms with Crippen LogP contribution in [0, 0.1) is 6.92 Å². The van der Waals surface area contributed by atoms with Crippen LogP contribution in [0.2, 0.25) is 0 Å². The van der Waals surface area contributed by atoms with Gasteiger partial charge in [-0.15, -0.1) is 0 Å². The summed E-state index contributed by atoms with van der Waals surface area (Å²) in [6.45, 7) is 4.67. The molecule has 1 saturated heterocycles. The summed E-state index contributed by atoms with van der Waals surface area (Å²) in [7, 11) is 1.91. The second-order valence-corrected chi connectivity index (χ2v) is 5.33. The monoisotopic (exact) mass is 262 g/mol. The SMILES string of the molecule is Cc1cccc(N2CCC(C)N(C)C(CO)C2=O)c1. The molecule has 1 aromatic rings. The molecule has 1 aliphatic rings. The highest BCUT2D eigenvalue weighted by atomic mass is 16.3. The second kappa shape index (κ2) is 5.72. The van der Waals surface area contributed by atoms with Gasteiger partial charge in [0.25, 0.3) is 0 Å². The van der Waals surface area contributed by atoms with E-state index in [2.05, 4.69) is 6.92 Å². The lowest BCUT2D eigenvalue weighted by Gasteiger charge is -2.29. The number of aryl methyl sites for hydroxylation is 1. The molecule has 2 rings (SSSR count). The molecule has 104 valence electrons. The minimum atomic E-state index is -0.446. The number of carbonyl (C=O) groups is 1. The number of aliphatic hydroxyl groups is 1. The number of aliphatic hydroxyl groups excluding tert-OH is 1. The summed E-state index contributed by atoms with van der Waals surface area (Å²) in [6, 6.07) is 7.79. The first kappa shape index (κ1) is 14.0. The van der Waals surface area contributed by atoms with Crippen molar-refractivity contribution >= 4 is 11.6 Å². The molecule has 0 bridgehead atoms. The molecule has 1 amide bonds. The molecule has 1 fully saturated rings. The van der Waals surface area contributed by atoms with Gasteiger partial charge in [-0.1, -0.05) is 12.1 Å². The Hall–Kier alpha value is -1.39. The predicted octanol–water partition coefficient (Wildman–Crippen LogP) is 1.41. The lowest BCUT2D eigenvalue weighted by Crippen LogP contribution is -2.48. The normalized spacial score (nSPS) is 25.5. The third kappa shape index (κ3) is 2.80. The van der Waals surface area contributed by atoms with Gasteiger partial charge in [0.15, 0.2) is 0 Å². The molecular weight excluding hydrogens is 240 g/mol. The maximum Gasteiger partial charge on any atom is 0.246 e. The Kier molecular flexibility index (Phi) is 4.22. The molecule has 4 heteroatoms. The van der Waals surface area contributed by atoms with Gasteiger partial charge >= 0.3 is 0 Å². The fourth-order valence-electron chi connectivity index (χ4n) is 2.55. The van der Waals surface area contributed by atoms with Crippen molar-refractivity contribution in [3.8, 4) is 0 Å². The molecule has 2 atom stereocenters. The Morgan fingerprint density at radius 2 is 2.16 bits per heavy atom. The lowest BCUT2D eigenvalue weighted by atomic mass is 10.2. The number of carbonyl (C=O) groups excluding carboxylic acids is 1. The number of anilines is 1. The van der Waals surface area contributed by atoms with Gasteiger partial charge in [-0.2, -0.15) is 0 Å². The zero-order chi connectivity index (χ0) is 14.0. The second-order valence-electron chi connectivity index (χ2n) is 5.33. The number of benzene rings is 1. The fourth-order valence-corrected chi connectivity index (χ4v) is 2.55. The van der Waals surface area contributed by atoms with Crippen molar-refractivity contribution in [2.75, 3.05) is 25.1 Å². The van der Waals surface area contributed by atoms with Gasteiger partial charge in [0, 0.05) is 18.3 Å². The van der Waals surface area contributed by atoms with Gasteiger partial charge in [0.05, 0.1) is 6.61 Å². The Morgan fingerprint density at radius 1 is 1.42 bits per heavy atom. The lowest BCUT2D eigenvalue weighted by molar-refractivity contribution is -0.124. The first-order chi connectivity index (χ1) is 9.04. The summed E-state index contributed by atoms with van der Waals surface area (Å²) in [4.78, 5) is 16.3. The summed E-state index contributed by atoms with van der Waals surface area (Å²) in [6.07, 6.45) is 0.909. The van der Waals surface area contributed by atoms with E-state index in [1.165, 1.54) is 0 Å². The average molecular weight is 262 g/mol. The first-order valence-electron chi connectivity index (χ1n) is 6.75. The first-order valence-corrected chi connectivity index (χ1v) is 6.75. The molecule has 1 N–H and O–H groups in total. The largest absolute Gasteiger partial charge is 0.394 e. The summed E-state index contributed by atoms with van der Waals surface area (Å²) >= 11 is 0. The molecule has 2 unspecified atom stereocenters. The molecule has 0 radical (unpaired) electrons. The van der Waals surface area contributed by atoms with Crippen LogP contribution in [0.15, 0.2) is 24.3 Å². The quantitative estimate of drug-likeness (QED) is 0.876. The maximum absolute atomic E-state index is 12.6. The van der Waals surface area contributed by atoms with Gasteiger partial charge in [0.2, 0.25) is 5.91 Å². The van der Waals surface area contributed by atoms with E-state index in [1.54, 1.807) is 4.90 Å². The zero-order valence-electron chi connectivity index (χ0n) is 11.8. The molecule has 0 saturated carbocycles. The molecular formula is C15H22N2O2. The maximum atomic E-state index is 12.6. The van der Waals surface area contributed by atoms with Crippen LogP contribution in [0.25, 0.3) is 0 Å². The van der Waals surface area contributed by atoms with Crippen molar-refractivity contribution in [2.45, 2.75) is 32.4 Å². The molecule has 0 aromatic heterocycles. The van der Waals surface area contributed by atoms with Crippen LogP contribution in [0.3, 0.4) is 0 Å². The van der Waals surface area contributed by atoms with E-state index in [9.17, 15) is 9.90 Å². The van der Waals surface area contributed by atoms with Gasteiger partial charge in [-0.25, -0.2) is 0 Å². The number of nitrogens with zero attached hydrogens (tertiary/aromatic N) is 2. The Morgan fingerprint density at radius 3 is 2.79 bits per heavy atom. The molecule has 1 aromatic carbocycles. The van der Waals surface area contributed by atoms with Crippen LogP contribution in [-0.2, 0) is 4.79 Å². The van der Waals surface area contributed by atoms with Crippen molar-refractivity contribution in [2.24, 2.45) is 0 Å². The average Bonchev–Trinajstić information content (AvgIpc) is 2.48. The minimum Gasteiger partial charge on any atom is -0.394 e. The fraction of sp³-hybridized carbons (Fsp3) is 0.533. The number of likely N-dealkylation sites (N-methyl/N-ethyl adjacent to an activating group) is 1. The molecule has 0 spiro atoms. The molecule has 4 nitrogen and oxygen atoms in total. The van der Waals surface area contributed by atoms with Crippen molar-refractivity contribution in [1.29, 1.82) is 0 Å². The van der Waals surface area contributed by atoms with Crippen molar-refractivity contribution in [3.63, 3.8) is 0 Å². The van der Waals surface area contributed by atoms with Crippen LogP contribution in [0.1, 0.15) is 18.9 Å². The highest BCUT2D eigenvalue weighted by molar-refractivity contribution is 5.97. The Labute approximate surface area is 114 Å². The third-order valence-electron chi connectivity index (χ3n) is 3.99. The van der Waals surface area contributed by atoms with Gasteiger partial charge < -0.3 is 10.0 Å². The zero-order valence-corrected chi connectivity index (χ0v) is 11.8. The van der Waals surface area contributed by atoms with E-state index in [0.717, 1.165) is 17.7 Å². The van der Waals surface area contributed by atoms with Crippen LogP contribution in [0.4, 0.5) is 5.69 Å². The highest BCUT2D eigenvalue weighted by Crippen LogP contribution is 2.22. The van der Waals surface area contributed by atoms with Gasteiger partial charge in [-0.3, -0.25) is 9.69 Å². The Balaban J connectivity index is 2.32. The molecule has 0 aliphatic carbocycles. The van der Waals surface area contributed by atoms with Crippen LogP contribution in [-0.4, -0.2) is 48.2 Å². The van der Waals surface area contributed by atoms with E-state index >= 15 is 0 Å². The van der Waals surface area contributed by atoms with Gasteiger partial charge in [0.1, 0.15) is 6.04 Å². The van der Waals surface area contributed by atoms with Crippen molar-refractivity contribution in [1.82, 2.24) is 4.90 Å². The van der Waals surface area contributed by atoms with Crippen molar-refractivity contribution in [3.05, 3.63) is 29.8 Å². The Bertz CT molecular complexity index is 461. The third-order valence-corrected chi connectivity index (χ3v) is 3.99. The van der Waals surface area contributed by atoms with E-state index in [-0.39, 0.29) is 18.6 Å². The van der Waals surface area contributed by atoms with E-state index < -0.39 is 6.04 Å². The van der Waals surface area contributed by atoms with Gasteiger partial charge in [-0.05, 0) is 45.0 Å². The summed E-state index contributed by atoms with van der Waals surface area (Å²) in [5, 5.41) is 9.50. The molecule has 19 heavy (non-hydrogen) atoms. The topological polar surface area (TPSA) is 43.8 Å². The van der Waals surface area contributed by atoms with Crippen LogP contribution in [0.5, 0.6) is 0 Å². The number of rotatable bonds is 2. The smallest absolute Gasteiger partial charge is 0.246 e. The summed E-state index contributed by atoms with van der Waals surface area (Å²) in [5.74, 6) is -0.0139. The molecule has 1 heterocycles. The van der Waals surface area contributed by atoms with E-state index in [1.807, 2.05) is 43.1 Å². The van der Waals surface area contributed by atoms with Crippen LogP contribution >= 0.6 is 0 Å². The van der Waals surface area contributed by atoms with E-state index in [0.29, 0.717) is 6.54 Å². The number of amides is 1. The van der Waals surface area contributed by atoms with E-state index in [4.69, 9.17) is 0 Å². The van der Waals surface area contributed by atoms with Crippen molar-refractivity contribution < 1.29 is 9.90 Å². The minimum absolute atomic E-state index is 0.0139. The van der Waals surface area contributed by atoms with Crippen LogP contribution < -0.4 is 4.90 Å². The summed E-state index contributed by atoms with van der Waals surface area (Å²) < 4.78 is 0. The molecule has 1 aliphatic heterocycles. The predicted molar refractivity (Wildman–Crippen MR) is 76.2 cm³/mol.